The second-order valence-corrected chi connectivity index (χ2v) is 7.13. The van der Waals surface area contributed by atoms with Crippen molar-refractivity contribution in [2.24, 2.45) is 11.3 Å². The van der Waals surface area contributed by atoms with Gasteiger partial charge >= 0.3 is 5.97 Å². The lowest BCUT2D eigenvalue weighted by Gasteiger charge is -2.41. The average molecular weight is 317 g/mol. The van der Waals surface area contributed by atoms with Crippen LogP contribution in [-0.4, -0.2) is 59.2 Å². The highest BCUT2D eigenvalue weighted by Gasteiger charge is 2.53. The van der Waals surface area contributed by atoms with Crippen LogP contribution in [0.5, 0.6) is 0 Å². The molecule has 2 rings (SSSR count). The first-order chi connectivity index (χ1) is 9.70. The van der Waals surface area contributed by atoms with Crippen molar-refractivity contribution >= 4 is 24.5 Å². The number of thiol groups is 1. The Morgan fingerprint density at radius 2 is 1.95 bits per heavy atom. The minimum atomic E-state index is -1.02. The van der Waals surface area contributed by atoms with Gasteiger partial charge in [-0.15, -0.1) is 0 Å². The van der Waals surface area contributed by atoms with E-state index in [1.54, 1.807) is 6.92 Å². The number of amides is 1. The van der Waals surface area contributed by atoms with Gasteiger partial charge in [0, 0.05) is 23.5 Å². The number of carbonyl (C=O) groups excluding carboxylic acids is 1. The first-order valence-electron chi connectivity index (χ1n) is 7.12. The molecule has 0 aromatic carbocycles. The topological polar surface area (TPSA) is 76.1 Å². The van der Waals surface area contributed by atoms with Gasteiger partial charge in [0.05, 0.1) is 19.8 Å². The number of carbonyl (C=O) groups is 2. The van der Waals surface area contributed by atoms with E-state index in [1.807, 2.05) is 13.8 Å². The molecular formula is C14H23NO5S. The standard InChI is InChI=1S/C14H23NO5S/c1-9(5-21)11(16)15-6-14(4-10(15)12(17)18)19-7-13(2,3)8-20-14/h9-10,21H,4-8H2,1-3H3,(H,17,18)/t9?,10-/m0/s1. The van der Waals surface area contributed by atoms with Crippen molar-refractivity contribution in [2.45, 2.75) is 39.0 Å². The highest BCUT2D eigenvalue weighted by Crippen LogP contribution is 2.38. The minimum absolute atomic E-state index is 0.0974. The predicted molar refractivity (Wildman–Crippen MR) is 79.2 cm³/mol. The van der Waals surface area contributed by atoms with Gasteiger partial charge in [-0.3, -0.25) is 4.79 Å². The molecule has 1 unspecified atom stereocenters. The number of carboxylic acids is 1. The van der Waals surface area contributed by atoms with Gasteiger partial charge in [-0.25, -0.2) is 4.79 Å². The Labute approximate surface area is 130 Å². The summed E-state index contributed by atoms with van der Waals surface area (Å²) in [4.78, 5) is 25.2. The highest BCUT2D eigenvalue weighted by molar-refractivity contribution is 7.80. The Kier molecular flexibility index (Phi) is 4.56. The van der Waals surface area contributed by atoms with Gasteiger partial charge in [0.2, 0.25) is 5.91 Å². The minimum Gasteiger partial charge on any atom is -0.480 e. The number of likely N-dealkylation sites (tertiary alicyclic amines) is 1. The average Bonchev–Trinajstić information content (AvgIpc) is 2.81. The summed E-state index contributed by atoms with van der Waals surface area (Å²) in [5.74, 6) is -2.17. The molecule has 1 spiro atoms. The van der Waals surface area contributed by atoms with E-state index in [2.05, 4.69) is 12.6 Å². The summed E-state index contributed by atoms with van der Waals surface area (Å²) in [6.07, 6.45) is 0.170. The van der Waals surface area contributed by atoms with Gasteiger partial charge in [-0.05, 0) is 0 Å². The van der Waals surface area contributed by atoms with Crippen LogP contribution in [0.2, 0.25) is 0 Å². The van der Waals surface area contributed by atoms with Crippen molar-refractivity contribution in [2.75, 3.05) is 25.5 Å². The molecule has 2 aliphatic rings. The van der Waals surface area contributed by atoms with Crippen LogP contribution in [0, 0.1) is 11.3 Å². The van der Waals surface area contributed by atoms with E-state index in [0.717, 1.165) is 0 Å². The third kappa shape index (κ3) is 3.35. The molecule has 21 heavy (non-hydrogen) atoms. The Morgan fingerprint density at radius 3 is 2.43 bits per heavy atom. The van der Waals surface area contributed by atoms with Crippen molar-refractivity contribution in [3.05, 3.63) is 0 Å². The van der Waals surface area contributed by atoms with Crippen molar-refractivity contribution in [3.63, 3.8) is 0 Å². The summed E-state index contributed by atoms with van der Waals surface area (Å²) in [6, 6.07) is -0.902. The van der Waals surface area contributed by atoms with E-state index in [-0.39, 0.29) is 30.2 Å². The number of ether oxygens (including phenoxy) is 2. The molecule has 2 saturated heterocycles. The van der Waals surface area contributed by atoms with Crippen LogP contribution in [0.4, 0.5) is 0 Å². The number of rotatable bonds is 3. The van der Waals surface area contributed by atoms with Crippen LogP contribution < -0.4 is 0 Å². The van der Waals surface area contributed by atoms with E-state index >= 15 is 0 Å². The summed E-state index contributed by atoms with van der Waals surface area (Å²) in [6.45, 7) is 6.93. The molecule has 0 radical (unpaired) electrons. The molecule has 0 aliphatic carbocycles. The number of aliphatic carboxylic acids is 1. The molecule has 2 heterocycles. The molecule has 7 heteroatoms. The van der Waals surface area contributed by atoms with Crippen molar-refractivity contribution in [1.82, 2.24) is 4.90 Å². The lowest BCUT2D eigenvalue weighted by atomic mass is 9.94. The molecule has 2 aliphatic heterocycles. The van der Waals surface area contributed by atoms with E-state index in [4.69, 9.17) is 9.47 Å². The lowest BCUT2D eigenvalue weighted by Crippen LogP contribution is -2.50. The predicted octanol–water partition coefficient (Wildman–Crippen LogP) is 1.01. The van der Waals surface area contributed by atoms with Crippen molar-refractivity contribution < 1.29 is 24.2 Å². The highest BCUT2D eigenvalue weighted by atomic mass is 32.1. The summed E-state index contributed by atoms with van der Waals surface area (Å²) in [5.41, 5.74) is -0.0974. The Hall–Kier alpha value is -0.790. The van der Waals surface area contributed by atoms with E-state index < -0.39 is 17.8 Å². The zero-order chi connectivity index (χ0) is 15.8. The zero-order valence-corrected chi connectivity index (χ0v) is 13.6. The van der Waals surface area contributed by atoms with Gasteiger partial charge in [-0.1, -0.05) is 20.8 Å². The van der Waals surface area contributed by atoms with Gasteiger partial charge < -0.3 is 19.5 Å². The van der Waals surface area contributed by atoms with Crippen LogP contribution >= 0.6 is 12.6 Å². The summed E-state index contributed by atoms with van der Waals surface area (Å²) in [7, 11) is 0. The fraction of sp³-hybridized carbons (Fsp3) is 0.857. The third-order valence-corrected chi connectivity index (χ3v) is 4.56. The number of carboxylic acid groups (broad SMARTS) is 1. The SMILES string of the molecule is CC(CS)C(=O)N1CC2(C[C@H]1C(=O)O)OCC(C)(C)CO2. The zero-order valence-electron chi connectivity index (χ0n) is 12.7. The maximum absolute atomic E-state index is 12.3. The first kappa shape index (κ1) is 16.6. The van der Waals surface area contributed by atoms with Crippen LogP contribution in [-0.2, 0) is 19.1 Å². The second kappa shape index (κ2) is 5.78. The molecular weight excluding hydrogens is 294 g/mol. The Bertz CT molecular complexity index is 429. The van der Waals surface area contributed by atoms with E-state index in [0.29, 0.717) is 19.0 Å². The van der Waals surface area contributed by atoms with E-state index in [1.165, 1.54) is 4.90 Å². The lowest BCUT2D eigenvalue weighted by molar-refractivity contribution is -0.290. The van der Waals surface area contributed by atoms with Gasteiger partial charge in [0.25, 0.3) is 0 Å². The quantitative estimate of drug-likeness (QED) is 0.760. The largest absolute Gasteiger partial charge is 0.480 e. The first-order valence-corrected chi connectivity index (χ1v) is 7.75. The number of hydrogen-bond donors (Lipinski definition) is 2. The molecule has 1 N–H and O–H groups in total. The molecule has 120 valence electrons. The summed E-state index contributed by atoms with van der Waals surface area (Å²) in [5, 5.41) is 9.38. The molecule has 0 aromatic heterocycles. The maximum Gasteiger partial charge on any atom is 0.326 e. The molecule has 2 fully saturated rings. The van der Waals surface area contributed by atoms with Crippen LogP contribution in [0.3, 0.4) is 0 Å². The monoisotopic (exact) mass is 317 g/mol. The fourth-order valence-electron chi connectivity index (χ4n) is 2.60. The van der Waals surface area contributed by atoms with Gasteiger partial charge in [-0.2, -0.15) is 12.6 Å². The Balaban J connectivity index is 2.16. The molecule has 0 saturated carbocycles. The molecule has 0 aromatic rings. The summed E-state index contributed by atoms with van der Waals surface area (Å²) < 4.78 is 11.6. The van der Waals surface area contributed by atoms with Crippen molar-refractivity contribution in [3.8, 4) is 0 Å². The second-order valence-electron chi connectivity index (χ2n) is 6.76. The number of nitrogens with zero attached hydrogens (tertiary/aromatic N) is 1. The van der Waals surface area contributed by atoms with Crippen molar-refractivity contribution in [1.29, 1.82) is 0 Å². The third-order valence-electron chi connectivity index (χ3n) is 4.01. The summed E-state index contributed by atoms with van der Waals surface area (Å²) >= 11 is 4.11. The smallest absolute Gasteiger partial charge is 0.326 e. The van der Waals surface area contributed by atoms with Crippen LogP contribution in [0.15, 0.2) is 0 Å². The fourth-order valence-corrected chi connectivity index (χ4v) is 2.75. The van der Waals surface area contributed by atoms with Crippen LogP contribution in [0.25, 0.3) is 0 Å². The van der Waals surface area contributed by atoms with Gasteiger partial charge in [0.15, 0.2) is 5.79 Å². The van der Waals surface area contributed by atoms with Gasteiger partial charge in [0.1, 0.15) is 6.04 Å². The maximum atomic E-state index is 12.3. The number of hydrogen-bond acceptors (Lipinski definition) is 5. The molecule has 0 bridgehead atoms. The molecule has 1 amide bonds. The Morgan fingerprint density at radius 1 is 1.38 bits per heavy atom. The van der Waals surface area contributed by atoms with Crippen LogP contribution in [0.1, 0.15) is 27.2 Å². The molecule has 2 atom stereocenters. The molecule has 6 nitrogen and oxygen atoms in total. The van der Waals surface area contributed by atoms with E-state index in [9.17, 15) is 14.7 Å². The normalized spacial score (nSPS) is 28.6.